The molecule has 100 valence electrons. The number of rotatable bonds is 3. The van der Waals surface area contributed by atoms with Gasteiger partial charge in [-0.1, -0.05) is 0 Å². The molecule has 0 saturated carbocycles. The van der Waals surface area contributed by atoms with Crippen LogP contribution in [0.1, 0.15) is 22.5 Å². The molecule has 0 spiro atoms. The second kappa shape index (κ2) is 5.98. The highest BCUT2D eigenvalue weighted by atomic mass is 15.0. The Kier molecular flexibility index (Phi) is 4.11. The Hall–Kier alpha value is -2.67. The molecule has 1 aromatic heterocycles. The first-order valence-corrected chi connectivity index (χ1v) is 6.34. The van der Waals surface area contributed by atoms with E-state index >= 15 is 0 Å². The van der Waals surface area contributed by atoms with E-state index in [-0.39, 0.29) is 0 Å². The number of aromatic nitrogens is 2. The third-order valence-corrected chi connectivity index (χ3v) is 2.93. The van der Waals surface area contributed by atoms with Gasteiger partial charge in [0.05, 0.1) is 6.07 Å². The summed E-state index contributed by atoms with van der Waals surface area (Å²) < 4.78 is 0. The fraction of sp³-hybridized carbons (Fsp3) is 0.188. The fourth-order valence-corrected chi connectivity index (χ4v) is 2.08. The van der Waals surface area contributed by atoms with Gasteiger partial charge in [0.15, 0.2) is 0 Å². The van der Waals surface area contributed by atoms with Crippen LogP contribution >= 0.6 is 0 Å². The summed E-state index contributed by atoms with van der Waals surface area (Å²) in [6.45, 7) is 5.93. The zero-order chi connectivity index (χ0) is 14.5. The van der Waals surface area contributed by atoms with Crippen LogP contribution in [0.15, 0.2) is 30.5 Å². The summed E-state index contributed by atoms with van der Waals surface area (Å²) in [6.07, 6.45) is 5.02. The molecule has 0 fully saturated rings. The van der Waals surface area contributed by atoms with Crippen molar-refractivity contribution in [2.24, 2.45) is 0 Å². The van der Waals surface area contributed by atoms with Gasteiger partial charge in [0, 0.05) is 18.0 Å². The molecule has 1 heterocycles. The standard InChI is InChI=1S/C16H16N4/c1-11-9-14(5-4-7-17)10-12(2)16(11)20-15-6-8-18-13(3)19-15/h4-6,8-10H,1-3H3,(H,18,19,20)/b5-4+. The van der Waals surface area contributed by atoms with Gasteiger partial charge in [-0.2, -0.15) is 5.26 Å². The van der Waals surface area contributed by atoms with Crippen molar-refractivity contribution in [3.05, 3.63) is 53.0 Å². The summed E-state index contributed by atoms with van der Waals surface area (Å²) in [5, 5.41) is 11.9. The minimum Gasteiger partial charge on any atom is -0.340 e. The third-order valence-electron chi connectivity index (χ3n) is 2.93. The van der Waals surface area contributed by atoms with Gasteiger partial charge < -0.3 is 5.32 Å². The van der Waals surface area contributed by atoms with Crippen LogP contribution in [0.5, 0.6) is 0 Å². The van der Waals surface area contributed by atoms with E-state index < -0.39 is 0 Å². The lowest BCUT2D eigenvalue weighted by Gasteiger charge is -2.13. The molecule has 0 atom stereocenters. The molecule has 0 unspecified atom stereocenters. The van der Waals surface area contributed by atoms with Crippen molar-refractivity contribution in [3.8, 4) is 6.07 Å². The van der Waals surface area contributed by atoms with Gasteiger partial charge in [0.1, 0.15) is 11.6 Å². The summed E-state index contributed by atoms with van der Waals surface area (Å²) in [6, 6.07) is 7.92. The van der Waals surface area contributed by atoms with Crippen LogP contribution in [0.4, 0.5) is 11.5 Å². The van der Waals surface area contributed by atoms with Crippen molar-refractivity contribution in [2.75, 3.05) is 5.32 Å². The van der Waals surface area contributed by atoms with Crippen molar-refractivity contribution >= 4 is 17.6 Å². The Balaban J connectivity index is 2.34. The van der Waals surface area contributed by atoms with Crippen LogP contribution < -0.4 is 5.32 Å². The molecule has 20 heavy (non-hydrogen) atoms. The molecule has 1 aromatic carbocycles. The van der Waals surface area contributed by atoms with E-state index in [0.29, 0.717) is 0 Å². The van der Waals surface area contributed by atoms with E-state index in [1.807, 2.05) is 45.0 Å². The van der Waals surface area contributed by atoms with Gasteiger partial charge in [0.25, 0.3) is 0 Å². The third kappa shape index (κ3) is 3.21. The summed E-state index contributed by atoms with van der Waals surface area (Å²) in [4.78, 5) is 8.43. The monoisotopic (exact) mass is 264 g/mol. The predicted molar refractivity (Wildman–Crippen MR) is 80.6 cm³/mol. The van der Waals surface area contributed by atoms with E-state index in [1.165, 1.54) is 6.08 Å². The minimum atomic E-state index is 0.735. The normalized spacial score (nSPS) is 10.5. The number of nitrogens with zero attached hydrogens (tertiary/aromatic N) is 3. The smallest absolute Gasteiger partial charge is 0.134 e. The van der Waals surface area contributed by atoms with Gasteiger partial charge in [-0.15, -0.1) is 0 Å². The van der Waals surface area contributed by atoms with E-state index in [0.717, 1.165) is 34.0 Å². The summed E-state index contributed by atoms with van der Waals surface area (Å²) >= 11 is 0. The van der Waals surface area contributed by atoms with Crippen LogP contribution in [-0.4, -0.2) is 9.97 Å². The lowest BCUT2D eigenvalue weighted by atomic mass is 10.0. The number of aryl methyl sites for hydroxylation is 3. The summed E-state index contributed by atoms with van der Waals surface area (Å²) in [5.41, 5.74) is 4.28. The predicted octanol–water partition coefficient (Wildman–Crippen LogP) is 3.68. The number of hydrogen-bond donors (Lipinski definition) is 1. The highest BCUT2D eigenvalue weighted by Gasteiger charge is 2.05. The SMILES string of the molecule is Cc1nccc(Nc2c(C)cc(/C=C/C#N)cc2C)n1. The molecular weight excluding hydrogens is 248 g/mol. The molecule has 4 heteroatoms. The molecular formula is C16H16N4. The van der Waals surface area contributed by atoms with E-state index in [1.54, 1.807) is 12.3 Å². The number of allylic oxidation sites excluding steroid dienone is 1. The quantitative estimate of drug-likeness (QED) is 0.859. The highest BCUT2D eigenvalue weighted by Crippen LogP contribution is 2.25. The summed E-state index contributed by atoms with van der Waals surface area (Å²) in [7, 11) is 0. The molecule has 0 amide bonds. The maximum absolute atomic E-state index is 8.58. The Morgan fingerprint density at radius 3 is 2.50 bits per heavy atom. The number of benzene rings is 1. The zero-order valence-corrected chi connectivity index (χ0v) is 11.8. The molecule has 0 aliphatic heterocycles. The molecule has 0 saturated heterocycles. The van der Waals surface area contributed by atoms with Crippen LogP contribution in [-0.2, 0) is 0 Å². The Labute approximate surface area is 118 Å². The lowest BCUT2D eigenvalue weighted by Crippen LogP contribution is -2.00. The molecule has 4 nitrogen and oxygen atoms in total. The molecule has 2 rings (SSSR count). The second-order valence-corrected chi connectivity index (χ2v) is 4.61. The first-order valence-electron chi connectivity index (χ1n) is 6.34. The van der Waals surface area contributed by atoms with E-state index in [9.17, 15) is 0 Å². The Morgan fingerprint density at radius 1 is 1.20 bits per heavy atom. The highest BCUT2D eigenvalue weighted by molar-refractivity contribution is 5.68. The van der Waals surface area contributed by atoms with Crippen LogP contribution in [0.2, 0.25) is 0 Å². The topological polar surface area (TPSA) is 61.6 Å². The van der Waals surface area contributed by atoms with Crippen molar-refractivity contribution < 1.29 is 0 Å². The molecule has 0 bridgehead atoms. The molecule has 2 aromatic rings. The van der Waals surface area contributed by atoms with Gasteiger partial charge >= 0.3 is 0 Å². The molecule has 0 aliphatic carbocycles. The van der Waals surface area contributed by atoms with Gasteiger partial charge in [-0.25, -0.2) is 9.97 Å². The minimum absolute atomic E-state index is 0.735. The van der Waals surface area contributed by atoms with E-state index in [4.69, 9.17) is 5.26 Å². The second-order valence-electron chi connectivity index (χ2n) is 4.61. The van der Waals surface area contributed by atoms with Gasteiger partial charge in [-0.3, -0.25) is 0 Å². The average molecular weight is 264 g/mol. The number of nitriles is 1. The first kappa shape index (κ1) is 13.8. The number of nitrogens with one attached hydrogen (secondary N) is 1. The van der Waals surface area contributed by atoms with Crippen LogP contribution in [0, 0.1) is 32.1 Å². The first-order chi connectivity index (χ1) is 9.60. The van der Waals surface area contributed by atoms with Crippen LogP contribution in [0.3, 0.4) is 0 Å². The van der Waals surface area contributed by atoms with Gasteiger partial charge in [-0.05, 0) is 61.7 Å². The number of hydrogen-bond acceptors (Lipinski definition) is 4. The average Bonchev–Trinajstić information content (AvgIpc) is 2.40. The zero-order valence-electron chi connectivity index (χ0n) is 11.8. The van der Waals surface area contributed by atoms with Crippen molar-refractivity contribution in [1.29, 1.82) is 5.26 Å². The Morgan fingerprint density at radius 2 is 1.90 bits per heavy atom. The molecule has 0 aliphatic rings. The maximum Gasteiger partial charge on any atom is 0.134 e. The Bertz CT molecular complexity index is 673. The largest absolute Gasteiger partial charge is 0.340 e. The molecule has 0 radical (unpaired) electrons. The molecule has 1 N–H and O–H groups in total. The van der Waals surface area contributed by atoms with Crippen LogP contribution in [0.25, 0.3) is 6.08 Å². The van der Waals surface area contributed by atoms with E-state index in [2.05, 4.69) is 15.3 Å². The van der Waals surface area contributed by atoms with Gasteiger partial charge in [0.2, 0.25) is 0 Å². The van der Waals surface area contributed by atoms with Crippen molar-refractivity contribution in [2.45, 2.75) is 20.8 Å². The van der Waals surface area contributed by atoms with Crippen molar-refractivity contribution in [1.82, 2.24) is 9.97 Å². The summed E-state index contributed by atoms with van der Waals surface area (Å²) in [5.74, 6) is 1.52. The number of anilines is 2. The van der Waals surface area contributed by atoms with Crippen molar-refractivity contribution in [3.63, 3.8) is 0 Å². The lowest BCUT2D eigenvalue weighted by molar-refractivity contribution is 1.05. The fourth-order valence-electron chi connectivity index (χ4n) is 2.08. The maximum atomic E-state index is 8.58.